The number of alkyl halides is 3. The van der Waals surface area contributed by atoms with E-state index in [1.807, 2.05) is 0 Å². The Morgan fingerprint density at radius 1 is 1.00 bits per heavy atom. The molecule has 1 amide bonds. The van der Waals surface area contributed by atoms with Crippen molar-refractivity contribution in [3.8, 4) is 0 Å². The average Bonchev–Trinajstić information content (AvgIpc) is 3.22. The minimum Gasteiger partial charge on any atom is -0.341 e. The van der Waals surface area contributed by atoms with Gasteiger partial charge in [-0.3, -0.25) is 14.9 Å². The summed E-state index contributed by atoms with van der Waals surface area (Å²) in [6.45, 7) is 0. The van der Waals surface area contributed by atoms with Crippen LogP contribution in [0.3, 0.4) is 0 Å². The van der Waals surface area contributed by atoms with Gasteiger partial charge in [-0.1, -0.05) is 36.4 Å². The summed E-state index contributed by atoms with van der Waals surface area (Å²) in [5.41, 5.74) is 1.63. The molecule has 10 heteroatoms. The Morgan fingerprint density at radius 2 is 1.69 bits per heavy atom. The Morgan fingerprint density at radius 3 is 2.31 bits per heavy atom. The Labute approximate surface area is 179 Å². The Hall–Kier alpha value is -4.21. The van der Waals surface area contributed by atoms with E-state index in [1.165, 1.54) is 36.4 Å². The number of benzene rings is 3. The van der Waals surface area contributed by atoms with E-state index in [0.717, 1.165) is 0 Å². The zero-order valence-corrected chi connectivity index (χ0v) is 16.3. The largest absolute Gasteiger partial charge is 0.449 e. The van der Waals surface area contributed by atoms with Gasteiger partial charge in [0.25, 0.3) is 11.6 Å². The van der Waals surface area contributed by atoms with Crippen molar-refractivity contribution in [1.29, 1.82) is 0 Å². The first-order valence-corrected chi connectivity index (χ1v) is 9.39. The number of carbonyl (C=O) groups excluding carboxylic acids is 1. The lowest BCUT2D eigenvalue weighted by atomic mass is 9.97. The number of aromatic nitrogens is 2. The maximum absolute atomic E-state index is 13.0. The lowest BCUT2D eigenvalue weighted by Gasteiger charge is -2.20. The molecule has 0 aliphatic heterocycles. The van der Waals surface area contributed by atoms with Crippen LogP contribution in [0.15, 0.2) is 72.8 Å². The molecule has 0 fully saturated rings. The minimum atomic E-state index is -4.61. The van der Waals surface area contributed by atoms with Gasteiger partial charge in [-0.05, 0) is 35.4 Å². The van der Waals surface area contributed by atoms with Crippen molar-refractivity contribution in [3.63, 3.8) is 0 Å². The van der Waals surface area contributed by atoms with Crippen LogP contribution in [0.5, 0.6) is 0 Å². The normalized spacial score (nSPS) is 12.5. The van der Waals surface area contributed by atoms with Gasteiger partial charge >= 0.3 is 6.18 Å². The number of fused-ring (bicyclic) bond motifs is 1. The van der Waals surface area contributed by atoms with Crippen LogP contribution in [0.4, 0.5) is 18.9 Å². The zero-order chi connectivity index (χ0) is 22.9. The number of aromatic amines is 1. The van der Waals surface area contributed by atoms with Crippen LogP contribution < -0.4 is 5.32 Å². The quantitative estimate of drug-likeness (QED) is 0.337. The average molecular weight is 440 g/mol. The molecule has 1 heterocycles. The van der Waals surface area contributed by atoms with Gasteiger partial charge in [0, 0.05) is 17.7 Å². The third-order valence-electron chi connectivity index (χ3n) is 4.86. The Balaban J connectivity index is 1.70. The van der Waals surface area contributed by atoms with Crippen molar-refractivity contribution < 1.29 is 22.9 Å². The second-order valence-electron chi connectivity index (χ2n) is 6.98. The van der Waals surface area contributed by atoms with E-state index in [0.29, 0.717) is 11.1 Å². The standard InChI is InChI=1S/C22H15F3N4O3/c23-22(24,25)21-26-17-11-8-15(12-18(17)27-21)19(13-4-2-1-3-5-13)28-20(30)14-6-9-16(10-7-14)29(31)32/h1-12,19H,(H,26,27)(H,28,30). The number of carbonyl (C=O) groups is 1. The molecule has 1 atom stereocenters. The number of halogens is 3. The molecule has 0 radical (unpaired) electrons. The number of rotatable bonds is 5. The number of nitrogens with zero attached hydrogens (tertiary/aromatic N) is 2. The first-order chi connectivity index (χ1) is 15.2. The monoisotopic (exact) mass is 440 g/mol. The first-order valence-electron chi connectivity index (χ1n) is 9.39. The van der Waals surface area contributed by atoms with Crippen molar-refractivity contribution in [2.45, 2.75) is 12.2 Å². The molecule has 162 valence electrons. The number of nitro benzene ring substituents is 1. The van der Waals surface area contributed by atoms with Crippen LogP contribution >= 0.6 is 0 Å². The summed E-state index contributed by atoms with van der Waals surface area (Å²) < 4.78 is 39.0. The fraction of sp³-hybridized carbons (Fsp3) is 0.0909. The summed E-state index contributed by atoms with van der Waals surface area (Å²) in [5.74, 6) is -1.59. The molecule has 0 aliphatic carbocycles. The highest BCUT2D eigenvalue weighted by Gasteiger charge is 2.34. The summed E-state index contributed by atoms with van der Waals surface area (Å²) >= 11 is 0. The maximum Gasteiger partial charge on any atom is 0.449 e. The van der Waals surface area contributed by atoms with Gasteiger partial charge < -0.3 is 10.3 Å². The summed E-state index contributed by atoms with van der Waals surface area (Å²) in [6.07, 6.45) is -4.61. The fourth-order valence-electron chi connectivity index (χ4n) is 3.29. The van der Waals surface area contributed by atoms with Crippen molar-refractivity contribution >= 4 is 22.6 Å². The first kappa shape index (κ1) is 21.0. The molecule has 4 aromatic rings. The number of hydrogen-bond donors (Lipinski definition) is 2. The SMILES string of the molecule is O=C(NC(c1ccccc1)c1ccc2nc(C(F)(F)F)[nH]c2c1)c1ccc([N+](=O)[O-])cc1. The zero-order valence-electron chi connectivity index (χ0n) is 16.3. The highest BCUT2D eigenvalue weighted by molar-refractivity contribution is 5.95. The Kier molecular flexibility index (Phi) is 5.35. The molecule has 32 heavy (non-hydrogen) atoms. The smallest absolute Gasteiger partial charge is 0.341 e. The molecule has 1 aromatic heterocycles. The Bertz CT molecular complexity index is 1290. The molecular formula is C22H15F3N4O3. The molecule has 0 saturated heterocycles. The maximum atomic E-state index is 13.0. The van der Waals surface area contributed by atoms with Crippen LogP contribution in [0.25, 0.3) is 11.0 Å². The molecule has 2 N–H and O–H groups in total. The minimum absolute atomic E-state index is 0.147. The predicted octanol–water partition coefficient (Wildman–Crippen LogP) is 5.01. The molecule has 7 nitrogen and oxygen atoms in total. The second-order valence-corrected chi connectivity index (χ2v) is 6.98. The van der Waals surface area contributed by atoms with Crippen molar-refractivity contribution in [2.75, 3.05) is 0 Å². The number of hydrogen-bond acceptors (Lipinski definition) is 4. The van der Waals surface area contributed by atoms with Crippen LogP contribution in [-0.4, -0.2) is 20.8 Å². The van der Waals surface area contributed by atoms with E-state index in [1.54, 1.807) is 36.4 Å². The third kappa shape index (κ3) is 4.29. The molecule has 0 spiro atoms. The van der Waals surface area contributed by atoms with Gasteiger partial charge in [0.2, 0.25) is 5.82 Å². The number of H-pyrrole nitrogens is 1. The highest BCUT2D eigenvalue weighted by atomic mass is 19.4. The predicted molar refractivity (Wildman–Crippen MR) is 110 cm³/mol. The molecule has 1 unspecified atom stereocenters. The second kappa shape index (κ2) is 8.14. The lowest BCUT2D eigenvalue weighted by molar-refractivity contribution is -0.384. The van der Waals surface area contributed by atoms with Gasteiger partial charge in [-0.15, -0.1) is 0 Å². The third-order valence-corrected chi connectivity index (χ3v) is 4.86. The van der Waals surface area contributed by atoms with Gasteiger partial charge in [0.05, 0.1) is 22.0 Å². The molecule has 0 bridgehead atoms. The topological polar surface area (TPSA) is 101 Å². The molecule has 3 aromatic carbocycles. The van der Waals surface area contributed by atoms with Crippen LogP contribution in [0.1, 0.15) is 33.4 Å². The van der Waals surface area contributed by atoms with Crippen molar-refractivity contribution in [3.05, 3.63) is 105 Å². The summed E-state index contributed by atoms with van der Waals surface area (Å²) in [7, 11) is 0. The van der Waals surface area contributed by atoms with Crippen LogP contribution in [-0.2, 0) is 6.18 Å². The van der Waals surface area contributed by atoms with E-state index in [9.17, 15) is 28.1 Å². The summed E-state index contributed by atoms with van der Waals surface area (Å²) in [5, 5.41) is 13.7. The number of imidazole rings is 1. The fourth-order valence-corrected chi connectivity index (χ4v) is 3.29. The highest BCUT2D eigenvalue weighted by Crippen LogP contribution is 2.30. The molecule has 0 aliphatic rings. The van der Waals surface area contributed by atoms with Gasteiger partial charge in [-0.25, -0.2) is 4.98 Å². The summed E-state index contributed by atoms with van der Waals surface area (Å²) in [4.78, 5) is 28.9. The van der Waals surface area contributed by atoms with Crippen LogP contribution in [0, 0.1) is 10.1 Å². The molecular weight excluding hydrogens is 425 g/mol. The van der Waals surface area contributed by atoms with Gasteiger partial charge in [0.1, 0.15) is 0 Å². The van der Waals surface area contributed by atoms with Crippen molar-refractivity contribution in [2.24, 2.45) is 0 Å². The molecule has 4 rings (SSSR count). The van der Waals surface area contributed by atoms with Crippen molar-refractivity contribution in [1.82, 2.24) is 15.3 Å². The number of non-ortho nitro benzene ring substituents is 1. The number of nitrogens with one attached hydrogen (secondary N) is 2. The number of amides is 1. The molecule has 0 saturated carbocycles. The van der Waals surface area contributed by atoms with Gasteiger partial charge in [0.15, 0.2) is 0 Å². The van der Waals surface area contributed by atoms with E-state index < -0.39 is 28.9 Å². The van der Waals surface area contributed by atoms with E-state index in [2.05, 4.69) is 15.3 Å². The van der Waals surface area contributed by atoms with Gasteiger partial charge in [-0.2, -0.15) is 13.2 Å². The summed E-state index contributed by atoms with van der Waals surface area (Å²) in [6, 6.07) is 17.9. The van der Waals surface area contributed by atoms with E-state index in [4.69, 9.17) is 0 Å². The number of nitro groups is 1. The van der Waals surface area contributed by atoms with Crippen LogP contribution in [0.2, 0.25) is 0 Å². The lowest BCUT2D eigenvalue weighted by Crippen LogP contribution is -2.29. The van der Waals surface area contributed by atoms with E-state index in [-0.39, 0.29) is 22.3 Å². The van der Waals surface area contributed by atoms with E-state index >= 15 is 0 Å².